The van der Waals surface area contributed by atoms with Crippen molar-refractivity contribution >= 4 is 39.4 Å². The Hall–Kier alpha value is -2.70. The minimum Gasteiger partial charge on any atom is -0.349 e. The molecule has 1 saturated heterocycles. The van der Waals surface area contributed by atoms with Crippen LogP contribution in [0.5, 0.6) is 0 Å². The van der Waals surface area contributed by atoms with Gasteiger partial charge in [0, 0.05) is 13.1 Å². The number of piperidine rings is 1. The van der Waals surface area contributed by atoms with E-state index in [4.69, 9.17) is 0 Å². The van der Waals surface area contributed by atoms with Crippen LogP contribution in [-0.2, 0) is 29.0 Å². The van der Waals surface area contributed by atoms with Crippen LogP contribution in [0, 0.1) is 34.5 Å². The van der Waals surface area contributed by atoms with Gasteiger partial charge >= 0.3 is 6.03 Å². The van der Waals surface area contributed by atoms with E-state index in [-0.39, 0.29) is 34.8 Å². The predicted molar refractivity (Wildman–Crippen MR) is 207 cm³/mol. The summed E-state index contributed by atoms with van der Waals surface area (Å²) in [6, 6.07) is -3.29. The molecule has 12 nitrogen and oxygen atoms in total. The summed E-state index contributed by atoms with van der Waals surface area (Å²) in [6.45, 7) is 12.1. The van der Waals surface area contributed by atoms with Gasteiger partial charge in [0.1, 0.15) is 12.1 Å². The van der Waals surface area contributed by atoms with Crippen molar-refractivity contribution in [2.45, 2.75) is 173 Å². The van der Waals surface area contributed by atoms with Crippen molar-refractivity contribution in [2.24, 2.45) is 34.5 Å². The maximum atomic E-state index is 15.0. The molecule has 1 aliphatic heterocycles. The van der Waals surface area contributed by atoms with Crippen LogP contribution in [0.25, 0.3) is 0 Å². The molecule has 4 N–H and O–H groups in total. The fourth-order valence-electron chi connectivity index (χ4n) is 10.0. The number of carbonyl (C=O) groups excluding carboxylic acids is 5. The highest BCUT2D eigenvalue weighted by atomic mass is 32.2. The molecule has 6 aliphatic rings. The molecule has 5 aliphatic carbocycles. The first-order valence-electron chi connectivity index (χ1n) is 21.0. The Kier molecular flexibility index (Phi) is 11.6. The number of hydrogen-bond acceptors (Lipinski definition) is 7. The number of urea groups is 1. The molecule has 5 atom stereocenters. The van der Waals surface area contributed by atoms with E-state index in [1.165, 1.54) is 0 Å². The molecule has 5 saturated carbocycles. The summed E-state index contributed by atoms with van der Waals surface area (Å²) in [5.41, 5.74) is -1.70. The first-order valence-corrected chi connectivity index (χ1v) is 22.7. The van der Waals surface area contributed by atoms with Crippen LogP contribution in [0.2, 0.25) is 0 Å². The average Bonchev–Trinajstić information content (AvgIpc) is 3.93. The highest BCUT2D eigenvalue weighted by Gasteiger charge is 2.70. The SMILES string of the molecule is CC1([C@H](NC(=O)NC2(CS(=O)(=O)C(C)(C)C)CCCCC2)C(=O)N2C[C@H]3[C@@H]([C@H]2C(=O)NC(CC2CC2)C(=O)C(=O)NCC2CCC2)C3(C)C)CCCCC1. The van der Waals surface area contributed by atoms with E-state index in [2.05, 4.69) is 35.1 Å². The maximum absolute atomic E-state index is 15.0. The molecular weight excluding hydrogens is 707 g/mol. The molecule has 54 heavy (non-hydrogen) atoms. The van der Waals surface area contributed by atoms with E-state index in [1.54, 1.807) is 25.7 Å². The molecule has 0 spiro atoms. The standard InChI is InChI=1S/C41H67N5O7S/c1-38(2,3)54(52,53)25-41(20-11-8-12-21-41)45-37(51)44-33(40(6)18-9-7-10-19-40)36(50)46-24-28-30(39(28,4)5)31(46)34(48)43-29(22-26-16-17-26)32(47)35(49)42-23-27-14-13-15-27/h26-31,33H,7-25H2,1-6H3,(H,42,49)(H,43,48)(H2,44,45,51)/t28-,29?,30-,31-,33+/m0/s1. The number of Topliss-reactive ketones (excluding diaryl/α,β-unsaturated/α-hetero) is 1. The Morgan fingerprint density at radius 1 is 0.796 bits per heavy atom. The van der Waals surface area contributed by atoms with Gasteiger partial charge in [0.05, 0.1) is 22.1 Å². The maximum Gasteiger partial charge on any atom is 0.315 e. The molecule has 0 radical (unpaired) electrons. The minimum absolute atomic E-state index is 0.0855. The molecule has 6 fully saturated rings. The number of hydrogen-bond donors (Lipinski definition) is 4. The molecule has 0 aromatic rings. The van der Waals surface area contributed by atoms with E-state index >= 15 is 0 Å². The van der Waals surface area contributed by atoms with Gasteiger partial charge in [-0.05, 0) is 100 Å². The van der Waals surface area contributed by atoms with E-state index in [0.29, 0.717) is 38.3 Å². The lowest BCUT2D eigenvalue weighted by atomic mass is 9.70. The summed E-state index contributed by atoms with van der Waals surface area (Å²) in [5.74, 6) is -1.57. The van der Waals surface area contributed by atoms with Crippen LogP contribution in [0.4, 0.5) is 4.79 Å². The van der Waals surface area contributed by atoms with Crippen molar-refractivity contribution in [3.63, 3.8) is 0 Å². The predicted octanol–water partition coefficient (Wildman–Crippen LogP) is 4.79. The van der Waals surface area contributed by atoms with E-state index in [9.17, 15) is 32.4 Å². The fraction of sp³-hybridized carbons (Fsp3) is 0.878. The minimum atomic E-state index is -3.56. The second-order valence-electron chi connectivity index (χ2n) is 20.0. The number of sulfone groups is 1. The zero-order valence-electron chi connectivity index (χ0n) is 33.7. The third-order valence-corrected chi connectivity index (χ3v) is 17.3. The zero-order chi connectivity index (χ0) is 39.3. The quantitative estimate of drug-likeness (QED) is 0.184. The summed E-state index contributed by atoms with van der Waals surface area (Å²) in [4.78, 5) is 71.7. The van der Waals surface area contributed by atoms with Gasteiger partial charge in [0.15, 0.2) is 9.84 Å². The number of fused-ring (bicyclic) bond motifs is 1. The van der Waals surface area contributed by atoms with Crippen molar-refractivity contribution in [1.29, 1.82) is 0 Å². The lowest BCUT2D eigenvalue weighted by Gasteiger charge is -2.44. The highest BCUT2D eigenvalue weighted by Crippen LogP contribution is 2.65. The third kappa shape index (κ3) is 8.65. The number of rotatable bonds is 14. The monoisotopic (exact) mass is 773 g/mol. The number of nitrogens with one attached hydrogen (secondary N) is 4. The van der Waals surface area contributed by atoms with Gasteiger partial charge in [0.2, 0.25) is 17.6 Å². The Labute approximate surface area is 323 Å². The first-order chi connectivity index (χ1) is 25.3. The lowest BCUT2D eigenvalue weighted by Crippen LogP contribution is -2.65. The summed E-state index contributed by atoms with van der Waals surface area (Å²) in [5, 5.41) is 11.9. The van der Waals surface area contributed by atoms with Crippen LogP contribution in [0.3, 0.4) is 0 Å². The molecule has 6 rings (SSSR count). The second kappa shape index (κ2) is 15.3. The number of ketones is 1. The van der Waals surface area contributed by atoms with E-state index in [0.717, 1.165) is 83.5 Å². The van der Waals surface area contributed by atoms with E-state index in [1.807, 2.05) is 6.92 Å². The topological polar surface area (TPSA) is 171 Å². The van der Waals surface area contributed by atoms with E-state index < -0.39 is 67.3 Å². The number of amides is 5. The van der Waals surface area contributed by atoms with Crippen LogP contribution in [0.1, 0.15) is 144 Å². The smallest absolute Gasteiger partial charge is 0.315 e. The molecular formula is C41H67N5O7S. The van der Waals surface area contributed by atoms with Crippen molar-refractivity contribution in [1.82, 2.24) is 26.2 Å². The van der Waals surface area contributed by atoms with Crippen molar-refractivity contribution < 1.29 is 32.4 Å². The van der Waals surface area contributed by atoms with Crippen molar-refractivity contribution in [3.8, 4) is 0 Å². The molecule has 0 aromatic heterocycles. The third-order valence-electron chi connectivity index (χ3n) is 14.5. The normalized spacial score (nSPS) is 28.4. The highest BCUT2D eigenvalue weighted by molar-refractivity contribution is 7.92. The van der Waals surface area contributed by atoms with Gasteiger partial charge in [0.25, 0.3) is 5.91 Å². The summed E-state index contributed by atoms with van der Waals surface area (Å²) >= 11 is 0. The summed E-state index contributed by atoms with van der Waals surface area (Å²) in [7, 11) is -3.56. The largest absolute Gasteiger partial charge is 0.349 e. The van der Waals surface area contributed by atoms with Crippen LogP contribution < -0.4 is 21.3 Å². The zero-order valence-corrected chi connectivity index (χ0v) is 34.5. The Morgan fingerprint density at radius 3 is 1.96 bits per heavy atom. The number of nitrogens with zero attached hydrogens (tertiary/aromatic N) is 1. The van der Waals surface area contributed by atoms with Crippen LogP contribution in [-0.4, -0.2) is 90.1 Å². The Balaban J connectivity index is 1.22. The summed E-state index contributed by atoms with van der Waals surface area (Å²) < 4.78 is 26.0. The van der Waals surface area contributed by atoms with Gasteiger partial charge in [-0.2, -0.15) is 0 Å². The average molecular weight is 774 g/mol. The van der Waals surface area contributed by atoms with Gasteiger partial charge in [-0.25, -0.2) is 13.2 Å². The second-order valence-corrected chi connectivity index (χ2v) is 22.7. The Morgan fingerprint density at radius 2 is 1.41 bits per heavy atom. The molecule has 1 heterocycles. The van der Waals surface area contributed by atoms with Crippen molar-refractivity contribution in [2.75, 3.05) is 18.8 Å². The van der Waals surface area contributed by atoms with Crippen LogP contribution in [0.15, 0.2) is 0 Å². The molecule has 5 amide bonds. The molecule has 1 unspecified atom stereocenters. The Bertz CT molecular complexity index is 1570. The van der Waals surface area contributed by atoms with Crippen LogP contribution >= 0.6 is 0 Å². The van der Waals surface area contributed by atoms with Gasteiger partial charge < -0.3 is 26.2 Å². The number of carbonyl (C=O) groups is 5. The van der Waals surface area contributed by atoms with Gasteiger partial charge in [-0.15, -0.1) is 0 Å². The van der Waals surface area contributed by atoms with Crippen molar-refractivity contribution in [3.05, 3.63) is 0 Å². The molecule has 304 valence electrons. The molecule has 0 aromatic carbocycles. The number of likely N-dealkylation sites (tertiary alicyclic amines) is 1. The lowest BCUT2D eigenvalue weighted by molar-refractivity contribution is -0.146. The first kappa shape index (κ1) is 40.9. The summed E-state index contributed by atoms with van der Waals surface area (Å²) in [6.07, 6.45) is 13.5. The fourth-order valence-corrected chi connectivity index (χ4v) is 11.6. The molecule has 0 bridgehead atoms. The van der Waals surface area contributed by atoms with Gasteiger partial charge in [-0.3, -0.25) is 19.2 Å². The van der Waals surface area contributed by atoms with Gasteiger partial charge in [-0.1, -0.05) is 78.6 Å². The molecule has 13 heteroatoms.